The van der Waals surface area contributed by atoms with Crippen LogP contribution in [0.5, 0.6) is 0 Å². The Morgan fingerprint density at radius 2 is 2.11 bits per heavy atom. The van der Waals surface area contributed by atoms with Gasteiger partial charge in [0.05, 0.1) is 25.1 Å². The third-order valence-corrected chi connectivity index (χ3v) is 4.34. The van der Waals surface area contributed by atoms with E-state index in [4.69, 9.17) is 9.15 Å². The van der Waals surface area contributed by atoms with Gasteiger partial charge in [-0.3, -0.25) is 4.79 Å². The molecule has 28 heavy (non-hydrogen) atoms. The Bertz CT molecular complexity index is 1040. The molecular weight excluding hydrogens is 361 g/mol. The first-order chi connectivity index (χ1) is 13.6. The highest BCUT2D eigenvalue weighted by Gasteiger charge is 2.23. The lowest BCUT2D eigenvalue weighted by atomic mass is 9.95. The molecule has 1 N–H and O–H groups in total. The van der Waals surface area contributed by atoms with Crippen LogP contribution in [0.4, 0.5) is 4.39 Å². The van der Waals surface area contributed by atoms with E-state index in [1.165, 1.54) is 0 Å². The largest absolute Gasteiger partial charge is 0.466 e. The number of hydrogen-bond acceptors (Lipinski definition) is 6. The Morgan fingerprint density at radius 1 is 1.36 bits per heavy atom. The smallest absolute Gasteiger partial charge is 0.307 e. The van der Waals surface area contributed by atoms with Crippen molar-refractivity contribution in [1.82, 2.24) is 10.3 Å². The molecule has 144 valence electrons. The highest BCUT2D eigenvalue weighted by molar-refractivity contribution is 5.89. The summed E-state index contributed by atoms with van der Waals surface area (Å²) in [4.78, 5) is 15.6. The maximum atomic E-state index is 15.2. The second-order valence-corrected chi connectivity index (χ2v) is 6.18. The van der Waals surface area contributed by atoms with E-state index in [1.54, 1.807) is 26.0 Å². The summed E-state index contributed by atoms with van der Waals surface area (Å²) < 4.78 is 25.6. The molecule has 1 aromatic heterocycles. The molecule has 0 atom stereocenters. The van der Waals surface area contributed by atoms with Crippen LogP contribution in [0.15, 0.2) is 34.7 Å². The maximum Gasteiger partial charge on any atom is 0.307 e. The fraction of sp³-hybridized carbons (Fsp3) is 0.286. The lowest BCUT2D eigenvalue weighted by Crippen LogP contribution is -2.19. The number of carbonyl (C=O) groups excluding carboxylic acids is 1. The monoisotopic (exact) mass is 381 g/mol. The van der Waals surface area contributed by atoms with Gasteiger partial charge in [-0.05, 0) is 25.0 Å². The number of nitrogens with one attached hydrogen (secondary N) is 1. The summed E-state index contributed by atoms with van der Waals surface area (Å²) in [6, 6.07) is 11.1. The lowest BCUT2D eigenvalue weighted by molar-refractivity contribution is -0.142. The molecule has 0 amide bonds. The minimum Gasteiger partial charge on any atom is -0.466 e. The summed E-state index contributed by atoms with van der Waals surface area (Å²) in [7, 11) is 0. The summed E-state index contributed by atoms with van der Waals surface area (Å²) in [5.41, 5.74) is 1.98. The fourth-order valence-electron chi connectivity index (χ4n) is 3.04. The van der Waals surface area contributed by atoms with Crippen LogP contribution in [0.25, 0.3) is 22.2 Å². The number of halogens is 1. The Labute approximate surface area is 161 Å². The van der Waals surface area contributed by atoms with Gasteiger partial charge in [-0.25, -0.2) is 9.37 Å². The summed E-state index contributed by atoms with van der Waals surface area (Å²) in [5.74, 6) is -0.588. The van der Waals surface area contributed by atoms with E-state index in [-0.39, 0.29) is 41.5 Å². The molecule has 1 heterocycles. The van der Waals surface area contributed by atoms with E-state index < -0.39 is 5.82 Å². The van der Waals surface area contributed by atoms with Gasteiger partial charge in [0, 0.05) is 12.1 Å². The SMILES string of the molecule is CCOC(=O)CCNCc1nc2c(C#N)c(C)c(-c3ccccc3)c(F)c2o1. The van der Waals surface area contributed by atoms with E-state index in [1.807, 2.05) is 18.2 Å². The number of ether oxygens (including phenoxy) is 1. The number of benzene rings is 2. The van der Waals surface area contributed by atoms with Crippen molar-refractivity contribution in [2.75, 3.05) is 13.2 Å². The van der Waals surface area contributed by atoms with Crippen LogP contribution in [0.3, 0.4) is 0 Å². The molecule has 0 saturated carbocycles. The molecule has 0 bridgehead atoms. The van der Waals surface area contributed by atoms with Crippen molar-refractivity contribution in [3.8, 4) is 17.2 Å². The molecule has 0 unspecified atom stereocenters. The molecular formula is C21H20FN3O3. The van der Waals surface area contributed by atoms with Crippen molar-refractivity contribution in [1.29, 1.82) is 5.26 Å². The molecule has 3 aromatic rings. The fourth-order valence-corrected chi connectivity index (χ4v) is 3.04. The second kappa shape index (κ2) is 8.63. The van der Waals surface area contributed by atoms with Crippen molar-refractivity contribution >= 4 is 17.1 Å². The van der Waals surface area contributed by atoms with E-state index in [9.17, 15) is 10.1 Å². The summed E-state index contributed by atoms with van der Waals surface area (Å²) in [6.45, 7) is 4.37. The van der Waals surface area contributed by atoms with Gasteiger partial charge >= 0.3 is 5.97 Å². The van der Waals surface area contributed by atoms with E-state index in [0.717, 1.165) is 0 Å². The molecule has 2 aromatic carbocycles. The van der Waals surface area contributed by atoms with Gasteiger partial charge in [0.15, 0.2) is 11.4 Å². The van der Waals surface area contributed by atoms with Crippen LogP contribution < -0.4 is 5.32 Å². The van der Waals surface area contributed by atoms with Gasteiger partial charge in [0.1, 0.15) is 11.6 Å². The number of nitriles is 1. The third kappa shape index (κ3) is 3.87. The number of esters is 1. The van der Waals surface area contributed by atoms with Crippen LogP contribution in [0, 0.1) is 24.1 Å². The van der Waals surface area contributed by atoms with E-state index in [0.29, 0.717) is 29.8 Å². The summed E-state index contributed by atoms with van der Waals surface area (Å²) in [6.07, 6.45) is 0.211. The topological polar surface area (TPSA) is 88.1 Å². The zero-order chi connectivity index (χ0) is 20.1. The van der Waals surface area contributed by atoms with Crippen LogP contribution in [-0.2, 0) is 16.1 Å². The molecule has 0 radical (unpaired) electrons. The number of rotatable bonds is 7. The van der Waals surface area contributed by atoms with Crippen molar-refractivity contribution in [3.63, 3.8) is 0 Å². The zero-order valence-electron chi connectivity index (χ0n) is 15.7. The predicted octanol–water partition coefficient (Wildman–Crippen LogP) is 3.86. The standard InChI is InChI=1S/C21H20FN3O3/c1-3-27-17(26)9-10-24-12-16-25-20-15(11-23)13(2)18(19(22)21(20)28-16)14-7-5-4-6-8-14/h4-8,24H,3,9-10,12H2,1-2H3. The van der Waals surface area contributed by atoms with Gasteiger partial charge in [0.2, 0.25) is 5.89 Å². The third-order valence-electron chi connectivity index (χ3n) is 4.34. The molecule has 0 spiro atoms. The second-order valence-electron chi connectivity index (χ2n) is 6.18. The molecule has 0 aliphatic rings. The van der Waals surface area contributed by atoms with Gasteiger partial charge in [0.25, 0.3) is 0 Å². The van der Waals surface area contributed by atoms with Crippen molar-refractivity contribution in [2.24, 2.45) is 0 Å². The minimum atomic E-state index is -0.539. The first-order valence-corrected chi connectivity index (χ1v) is 9.00. The van der Waals surface area contributed by atoms with Crippen molar-refractivity contribution in [3.05, 3.63) is 53.2 Å². The maximum absolute atomic E-state index is 15.2. The number of nitrogens with zero attached hydrogens (tertiary/aromatic N) is 2. The average Bonchev–Trinajstić information content (AvgIpc) is 3.11. The van der Waals surface area contributed by atoms with Crippen LogP contribution in [-0.4, -0.2) is 24.1 Å². The highest BCUT2D eigenvalue weighted by Crippen LogP contribution is 2.35. The van der Waals surface area contributed by atoms with Crippen LogP contribution in [0.1, 0.15) is 30.4 Å². The lowest BCUT2D eigenvalue weighted by Gasteiger charge is -2.09. The van der Waals surface area contributed by atoms with E-state index in [2.05, 4.69) is 16.4 Å². The van der Waals surface area contributed by atoms with Crippen LogP contribution >= 0.6 is 0 Å². The van der Waals surface area contributed by atoms with Gasteiger partial charge in [-0.2, -0.15) is 5.26 Å². The predicted molar refractivity (Wildman–Crippen MR) is 102 cm³/mol. The van der Waals surface area contributed by atoms with E-state index >= 15 is 4.39 Å². The number of aromatic nitrogens is 1. The van der Waals surface area contributed by atoms with Crippen molar-refractivity contribution in [2.45, 2.75) is 26.8 Å². The van der Waals surface area contributed by atoms with Gasteiger partial charge in [-0.1, -0.05) is 30.3 Å². The van der Waals surface area contributed by atoms with Gasteiger partial charge in [-0.15, -0.1) is 0 Å². The Morgan fingerprint density at radius 3 is 2.79 bits per heavy atom. The molecule has 0 fully saturated rings. The van der Waals surface area contributed by atoms with Crippen LogP contribution in [0.2, 0.25) is 0 Å². The minimum absolute atomic E-state index is 0.0387. The quantitative estimate of drug-likeness (QED) is 0.494. The number of hydrogen-bond donors (Lipinski definition) is 1. The van der Waals surface area contributed by atoms with Gasteiger partial charge < -0.3 is 14.5 Å². The Hall–Kier alpha value is -3.24. The highest BCUT2D eigenvalue weighted by atomic mass is 19.1. The molecule has 0 aliphatic carbocycles. The number of fused-ring (bicyclic) bond motifs is 1. The molecule has 6 nitrogen and oxygen atoms in total. The van der Waals surface area contributed by atoms with Crippen molar-refractivity contribution < 1.29 is 18.3 Å². The average molecular weight is 381 g/mol. The Balaban J connectivity index is 1.90. The first kappa shape index (κ1) is 19.5. The Kier molecular flexibility index (Phi) is 6.02. The molecule has 7 heteroatoms. The summed E-state index contributed by atoms with van der Waals surface area (Å²) in [5, 5.41) is 12.6. The zero-order valence-corrected chi connectivity index (χ0v) is 15.7. The number of oxazole rings is 1. The summed E-state index contributed by atoms with van der Waals surface area (Å²) >= 11 is 0. The first-order valence-electron chi connectivity index (χ1n) is 9.00. The number of carbonyl (C=O) groups is 1. The molecule has 0 aliphatic heterocycles. The molecule has 3 rings (SSSR count). The normalized spacial score (nSPS) is 10.8. The molecule has 0 saturated heterocycles.